The molecule has 0 N–H and O–H groups in total. The smallest absolute Gasteiger partial charge is 0.331 e. The minimum absolute atomic E-state index is 0. The van der Waals surface area contributed by atoms with Crippen molar-refractivity contribution in [3.05, 3.63) is 0 Å². The third-order valence-electron chi connectivity index (χ3n) is 1.24. The second-order valence-corrected chi connectivity index (χ2v) is 2.66. The highest BCUT2D eigenvalue weighted by Gasteiger charge is 2.31. The fraction of sp³-hybridized carbons (Fsp3) is 0.600. The first-order valence-electron chi connectivity index (χ1n) is 2.43. The van der Waals surface area contributed by atoms with E-state index in [-0.39, 0.29) is 12.4 Å². The predicted octanol–water partition coefficient (Wildman–Crippen LogP) is -2.30. The maximum absolute atomic E-state index is 5.81. The summed E-state index contributed by atoms with van der Waals surface area (Å²) in [5, 5.41) is -0.528. The number of alkyl halides is 1. The first-order chi connectivity index (χ1) is 3.63. The van der Waals surface area contributed by atoms with Gasteiger partial charge in [-0.15, -0.1) is 0 Å². The van der Waals surface area contributed by atoms with Crippen LogP contribution >= 0.6 is 11.6 Å². The summed E-state index contributed by atoms with van der Waals surface area (Å²) >= 11 is 5.81. The zero-order valence-corrected chi connectivity index (χ0v) is 6.82. The van der Waals surface area contributed by atoms with Crippen molar-refractivity contribution in [2.45, 2.75) is 12.0 Å². The van der Waals surface area contributed by atoms with Crippen molar-refractivity contribution in [3.63, 3.8) is 0 Å². The molecule has 2 nitrogen and oxygen atoms in total. The zero-order valence-electron chi connectivity index (χ0n) is 5.31. The lowest BCUT2D eigenvalue weighted by Gasteiger charge is -2.05. The molecular formula is C5H8Cl2N2. The van der Waals surface area contributed by atoms with Crippen molar-refractivity contribution in [3.8, 4) is 0 Å². The molecule has 0 aromatic carbocycles. The van der Waals surface area contributed by atoms with Gasteiger partial charge >= 0.3 is 5.12 Å². The molecule has 0 fully saturated rings. The Morgan fingerprint density at radius 3 is 2.33 bits per heavy atom. The number of rotatable bonds is 0. The second-order valence-electron chi connectivity index (χ2n) is 1.94. The number of hydrogen-bond acceptors (Lipinski definition) is 1. The molecule has 0 amide bonds. The van der Waals surface area contributed by atoms with E-state index < -0.39 is 5.12 Å². The van der Waals surface area contributed by atoms with Crippen LogP contribution in [0.3, 0.4) is 0 Å². The molecule has 0 aromatic rings. The molecule has 0 aliphatic carbocycles. The van der Waals surface area contributed by atoms with Gasteiger partial charge < -0.3 is 12.4 Å². The summed E-state index contributed by atoms with van der Waals surface area (Å²) in [5.41, 5.74) is 0. The molecule has 0 saturated carbocycles. The molecule has 52 valence electrons. The largest absolute Gasteiger partial charge is 1.00 e. The van der Waals surface area contributed by atoms with E-state index in [4.69, 9.17) is 11.6 Å². The van der Waals surface area contributed by atoms with Crippen LogP contribution in [0, 0.1) is 0 Å². The topological polar surface area (TPSA) is 15.4 Å². The van der Waals surface area contributed by atoms with Gasteiger partial charge in [0.1, 0.15) is 7.05 Å². The summed E-state index contributed by atoms with van der Waals surface area (Å²) in [6.45, 7) is 1.84. The van der Waals surface area contributed by atoms with E-state index in [1.165, 1.54) is 0 Å². The van der Waals surface area contributed by atoms with Gasteiger partial charge in [0, 0.05) is 6.92 Å². The Balaban J connectivity index is 0.000000640. The van der Waals surface area contributed by atoms with Gasteiger partial charge in [-0.25, -0.2) is 4.99 Å². The van der Waals surface area contributed by atoms with Gasteiger partial charge in [-0.2, -0.15) is 4.58 Å². The summed E-state index contributed by atoms with van der Waals surface area (Å²) in [7, 11) is 1.89. The molecule has 4 heteroatoms. The van der Waals surface area contributed by atoms with Crippen molar-refractivity contribution in [2.24, 2.45) is 4.99 Å². The van der Waals surface area contributed by atoms with Gasteiger partial charge in [-0.05, 0) is 11.6 Å². The summed E-state index contributed by atoms with van der Waals surface area (Å²) in [4.78, 5) is 3.96. The molecule has 0 saturated heterocycles. The standard InChI is InChI=1S/C5H8ClN2.ClH/c1-5(6)7-3-4-8(5)2;/h3-4H,1-2H3;1H/q+1;/p-1. The van der Waals surface area contributed by atoms with Gasteiger partial charge in [0.2, 0.25) is 0 Å². The van der Waals surface area contributed by atoms with Crippen LogP contribution in [0.2, 0.25) is 0 Å². The van der Waals surface area contributed by atoms with E-state index in [1.54, 1.807) is 6.21 Å². The third-order valence-corrected chi connectivity index (χ3v) is 1.61. The van der Waals surface area contributed by atoms with Crippen LogP contribution < -0.4 is 12.4 Å². The minimum Gasteiger partial charge on any atom is -1.00 e. The Labute approximate surface area is 65.7 Å². The summed E-state index contributed by atoms with van der Waals surface area (Å²) in [6.07, 6.45) is 3.54. The Morgan fingerprint density at radius 1 is 1.67 bits per heavy atom. The predicted molar refractivity (Wildman–Crippen MR) is 35.0 cm³/mol. The number of nitrogens with zero attached hydrogens (tertiary/aromatic N) is 2. The average molecular weight is 167 g/mol. The lowest BCUT2D eigenvalue weighted by atomic mass is 10.6. The summed E-state index contributed by atoms with van der Waals surface area (Å²) < 4.78 is 1.84. The molecule has 9 heavy (non-hydrogen) atoms. The highest BCUT2D eigenvalue weighted by Crippen LogP contribution is 2.16. The molecular weight excluding hydrogens is 159 g/mol. The van der Waals surface area contributed by atoms with Gasteiger partial charge in [0.15, 0.2) is 6.21 Å². The number of hydrogen-bond donors (Lipinski definition) is 0. The zero-order chi connectivity index (χ0) is 6.20. The van der Waals surface area contributed by atoms with Crippen LogP contribution in [-0.2, 0) is 0 Å². The fourth-order valence-electron chi connectivity index (χ4n) is 0.496. The van der Waals surface area contributed by atoms with Gasteiger partial charge in [0.05, 0.1) is 6.21 Å². The highest BCUT2D eigenvalue weighted by molar-refractivity contribution is 6.26. The summed E-state index contributed by atoms with van der Waals surface area (Å²) in [6, 6.07) is 0. The SMILES string of the molecule is C[N+]1=CC=NC1(C)Cl.[Cl-]. The maximum Gasteiger partial charge on any atom is 0.331 e. The molecule has 0 aromatic heterocycles. The van der Waals surface area contributed by atoms with Gasteiger partial charge in [0.25, 0.3) is 0 Å². The second kappa shape index (κ2) is 2.67. The monoisotopic (exact) mass is 166 g/mol. The van der Waals surface area contributed by atoms with Crippen molar-refractivity contribution in [1.82, 2.24) is 0 Å². The van der Waals surface area contributed by atoms with E-state index >= 15 is 0 Å². The highest BCUT2D eigenvalue weighted by atomic mass is 35.5. The van der Waals surface area contributed by atoms with Crippen LogP contribution in [0.1, 0.15) is 6.92 Å². The van der Waals surface area contributed by atoms with Crippen molar-refractivity contribution in [1.29, 1.82) is 0 Å². The van der Waals surface area contributed by atoms with E-state index in [2.05, 4.69) is 4.99 Å². The molecule has 0 spiro atoms. The Hall–Kier alpha value is -0.0800. The van der Waals surface area contributed by atoms with Crippen LogP contribution in [0.5, 0.6) is 0 Å². The number of aliphatic imine (C=N–C) groups is 1. The fourth-order valence-corrected chi connectivity index (χ4v) is 0.609. The lowest BCUT2D eigenvalue weighted by molar-refractivity contribution is -0.541. The quantitative estimate of drug-likeness (QED) is 0.219. The van der Waals surface area contributed by atoms with E-state index in [0.29, 0.717) is 0 Å². The van der Waals surface area contributed by atoms with Crippen LogP contribution in [0.25, 0.3) is 0 Å². The van der Waals surface area contributed by atoms with E-state index in [9.17, 15) is 0 Å². The van der Waals surface area contributed by atoms with Crippen LogP contribution in [0.4, 0.5) is 0 Å². The van der Waals surface area contributed by atoms with Crippen molar-refractivity contribution >= 4 is 24.0 Å². The van der Waals surface area contributed by atoms with Crippen molar-refractivity contribution < 1.29 is 17.0 Å². The van der Waals surface area contributed by atoms with Crippen molar-refractivity contribution in [2.75, 3.05) is 7.05 Å². The normalized spacial score (nSPS) is 31.7. The van der Waals surface area contributed by atoms with E-state index in [1.807, 2.05) is 24.8 Å². The minimum atomic E-state index is -0.528. The van der Waals surface area contributed by atoms with Gasteiger partial charge in [-0.1, -0.05) is 0 Å². The molecule has 1 rings (SSSR count). The molecule has 0 radical (unpaired) electrons. The maximum atomic E-state index is 5.81. The van der Waals surface area contributed by atoms with Gasteiger partial charge in [-0.3, -0.25) is 0 Å². The van der Waals surface area contributed by atoms with E-state index in [0.717, 1.165) is 0 Å². The molecule has 1 unspecified atom stereocenters. The molecule has 1 aliphatic rings. The average Bonchev–Trinajstić information content (AvgIpc) is 1.86. The molecule has 1 aliphatic heterocycles. The molecule has 0 bridgehead atoms. The first-order valence-corrected chi connectivity index (χ1v) is 2.81. The molecule has 1 atom stereocenters. The van der Waals surface area contributed by atoms with Crippen LogP contribution in [0.15, 0.2) is 4.99 Å². The Kier molecular flexibility index (Phi) is 2.65. The number of halogens is 2. The summed E-state index contributed by atoms with van der Waals surface area (Å²) in [5.74, 6) is 0. The first kappa shape index (κ1) is 8.92. The third kappa shape index (κ3) is 1.66. The Bertz CT molecular complexity index is 160. The Morgan fingerprint density at radius 2 is 2.22 bits per heavy atom. The lowest BCUT2D eigenvalue weighted by Crippen LogP contribution is -3.00. The van der Waals surface area contributed by atoms with Crippen LogP contribution in [-0.4, -0.2) is 29.2 Å². The molecule has 1 heterocycles.